The second-order valence-corrected chi connectivity index (χ2v) is 7.22. The van der Waals surface area contributed by atoms with Crippen LogP contribution in [-0.2, 0) is 24.0 Å². The molecule has 28 heavy (non-hydrogen) atoms. The van der Waals surface area contributed by atoms with E-state index in [1.54, 1.807) is 0 Å². The summed E-state index contributed by atoms with van der Waals surface area (Å²) < 4.78 is 0. The first-order valence-corrected chi connectivity index (χ1v) is 9.31. The minimum absolute atomic E-state index is 0.315. The highest BCUT2D eigenvalue weighted by atomic mass is 16.4. The third-order valence-corrected chi connectivity index (χ3v) is 5.13. The molecule has 156 valence electrons. The normalized spacial score (nSPS) is 23.9. The summed E-state index contributed by atoms with van der Waals surface area (Å²) in [6.45, 7) is 2.13. The quantitative estimate of drug-likeness (QED) is 0.375. The predicted octanol–water partition coefficient (Wildman–Crippen LogP) is -2.24. The average molecular weight is 397 g/mol. The van der Waals surface area contributed by atoms with Gasteiger partial charge in [0, 0.05) is 13.1 Å². The van der Waals surface area contributed by atoms with Crippen LogP contribution in [0.1, 0.15) is 39.0 Å². The lowest BCUT2D eigenvalue weighted by Crippen LogP contribution is -2.56. The molecule has 2 aliphatic rings. The van der Waals surface area contributed by atoms with E-state index in [0.29, 0.717) is 38.8 Å². The van der Waals surface area contributed by atoms with Crippen LogP contribution in [0.15, 0.2) is 0 Å². The lowest BCUT2D eigenvalue weighted by Gasteiger charge is -2.29. The molecule has 11 nitrogen and oxygen atoms in total. The SMILES string of the molecule is CC(NC(=O)C1CCCN1C(=O)C(N)CC(N)=O)C(=O)N1CCCC1C(=O)O. The standard InChI is InChI=1S/C17H27N5O6/c1-9(15(25)22-7-3-5-12(22)17(27)28)20-14(24)11-4-2-6-21(11)16(26)10(18)8-13(19)23/h9-12H,2-8,18H2,1H3,(H2,19,23)(H,20,24)(H,27,28). The molecule has 0 aromatic heterocycles. The van der Waals surface area contributed by atoms with Crippen molar-refractivity contribution in [3.05, 3.63) is 0 Å². The van der Waals surface area contributed by atoms with Crippen molar-refractivity contribution in [1.82, 2.24) is 15.1 Å². The van der Waals surface area contributed by atoms with Gasteiger partial charge in [0.05, 0.1) is 12.5 Å². The zero-order chi connectivity index (χ0) is 21.0. The molecule has 2 rings (SSSR count). The smallest absolute Gasteiger partial charge is 0.326 e. The van der Waals surface area contributed by atoms with Crippen molar-refractivity contribution in [1.29, 1.82) is 0 Å². The van der Waals surface area contributed by atoms with Crippen molar-refractivity contribution in [2.75, 3.05) is 13.1 Å². The third-order valence-electron chi connectivity index (χ3n) is 5.13. The Hall–Kier alpha value is -2.69. The van der Waals surface area contributed by atoms with Gasteiger partial charge in [-0.15, -0.1) is 0 Å². The second kappa shape index (κ2) is 9.00. The monoisotopic (exact) mass is 397 g/mol. The summed E-state index contributed by atoms with van der Waals surface area (Å²) in [6.07, 6.45) is 1.65. The van der Waals surface area contributed by atoms with E-state index in [0.717, 1.165) is 0 Å². The van der Waals surface area contributed by atoms with Gasteiger partial charge in [0.15, 0.2) is 0 Å². The summed E-state index contributed by atoms with van der Waals surface area (Å²) in [6, 6.07) is -3.73. The first kappa shape index (κ1) is 21.6. The van der Waals surface area contributed by atoms with Gasteiger partial charge in [-0.05, 0) is 32.6 Å². The minimum atomic E-state index is -1.12. The number of nitrogens with two attached hydrogens (primary N) is 2. The van der Waals surface area contributed by atoms with Crippen LogP contribution < -0.4 is 16.8 Å². The van der Waals surface area contributed by atoms with E-state index in [-0.39, 0.29) is 6.42 Å². The molecule has 4 amide bonds. The number of carbonyl (C=O) groups excluding carboxylic acids is 4. The highest BCUT2D eigenvalue weighted by molar-refractivity contribution is 5.95. The molecule has 4 atom stereocenters. The summed E-state index contributed by atoms with van der Waals surface area (Å²) >= 11 is 0. The molecule has 0 aromatic rings. The van der Waals surface area contributed by atoms with Crippen LogP contribution in [-0.4, -0.2) is 81.8 Å². The Balaban J connectivity index is 1.98. The molecular weight excluding hydrogens is 370 g/mol. The molecule has 0 saturated carbocycles. The van der Waals surface area contributed by atoms with Gasteiger partial charge in [-0.1, -0.05) is 0 Å². The average Bonchev–Trinajstić information content (AvgIpc) is 3.28. The van der Waals surface area contributed by atoms with Gasteiger partial charge in [-0.2, -0.15) is 0 Å². The molecule has 6 N–H and O–H groups in total. The van der Waals surface area contributed by atoms with Gasteiger partial charge >= 0.3 is 5.97 Å². The van der Waals surface area contributed by atoms with E-state index in [9.17, 15) is 29.1 Å². The van der Waals surface area contributed by atoms with Crippen LogP contribution in [0.25, 0.3) is 0 Å². The number of aliphatic carboxylic acids is 1. The molecule has 0 aromatic carbocycles. The van der Waals surface area contributed by atoms with Gasteiger partial charge < -0.3 is 31.7 Å². The van der Waals surface area contributed by atoms with Gasteiger partial charge in [0.25, 0.3) is 0 Å². The van der Waals surface area contributed by atoms with Crippen molar-refractivity contribution < 1.29 is 29.1 Å². The number of amides is 4. The van der Waals surface area contributed by atoms with Gasteiger partial charge in [0.1, 0.15) is 18.1 Å². The largest absolute Gasteiger partial charge is 0.480 e. The number of primary amides is 1. The third kappa shape index (κ3) is 4.77. The minimum Gasteiger partial charge on any atom is -0.480 e. The number of likely N-dealkylation sites (tertiary alicyclic amines) is 2. The summed E-state index contributed by atoms with van der Waals surface area (Å²) in [5.41, 5.74) is 10.8. The molecule has 0 bridgehead atoms. The summed E-state index contributed by atoms with van der Waals surface area (Å²) in [7, 11) is 0. The van der Waals surface area contributed by atoms with Crippen LogP contribution in [0.4, 0.5) is 0 Å². The zero-order valence-corrected chi connectivity index (χ0v) is 15.8. The molecular formula is C17H27N5O6. The maximum atomic E-state index is 12.6. The molecule has 4 unspecified atom stereocenters. The van der Waals surface area contributed by atoms with Crippen LogP contribution in [0.2, 0.25) is 0 Å². The summed E-state index contributed by atoms with van der Waals surface area (Å²) in [4.78, 5) is 62.4. The Morgan fingerprint density at radius 1 is 1.04 bits per heavy atom. The number of nitrogens with one attached hydrogen (secondary N) is 1. The predicted molar refractivity (Wildman–Crippen MR) is 96.5 cm³/mol. The first-order valence-electron chi connectivity index (χ1n) is 9.31. The van der Waals surface area contributed by atoms with E-state index in [4.69, 9.17) is 11.5 Å². The Kier molecular flexibility index (Phi) is 6.95. The number of hydrogen-bond acceptors (Lipinski definition) is 6. The highest BCUT2D eigenvalue weighted by Gasteiger charge is 2.39. The van der Waals surface area contributed by atoms with Crippen molar-refractivity contribution in [2.45, 2.75) is 63.2 Å². The maximum Gasteiger partial charge on any atom is 0.326 e. The molecule has 2 fully saturated rings. The fourth-order valence-electron chi connectivity index (χ4n) is 3.73. The van der Waals surface area contributed by atoms with Gasteiger partial charge in [0.2, 0.25) is 23.6 Å². The molecule has 2 heterocycles. The Morgan fingerprint density at radius 3 is 2.11 bits per heavy atom. The number of hydrogen-bond donors (Lipinski definition) is 4. The maximum absolute atomic E-state index is 12.6. The van der Waals surface area contributed by atoms with Crippen LogP contribution >= 0.6 is 0 Å². The van der Waals surface area contributed by atoms with Crippen molar-refractivity contribution >= 4 is 29.6 Å². The molecule has 0 spiro atoms. The van der Waals surface area contributed by atoms with E-state index in [1.807, 2.05) is 0 Å². The second-order valence-electron chi connectivity index (χ2n) is 7.22. The fraction of sp³-hybridized carbons (Fsp3) is 0.706. The lowest BCUT2D eigenvalue weighted by atomic mass is 10.1. The van der Waals surface area contributed by atoms with Crippen LogP contribution in [0.3, 0.4) is 0 Å². The Bertz CT molecular complexity index is 668. The van der Waals surface area contributed by atoms with Crippen molar-refractivity contribution in [3.8, 4) is 0 Å². The van der Waals surface area contributed by atoms with E-state index in [2.05, 4.69) is 5.32 Å². The number of nitrogens with zero attached hydrogens (tertiary/aromatic N) is 2. The fourth-order valence-corrected chi connectivity index (χ4v) is 3.73. The summed E-state index contributed by atoms with van der Waals surface area (Å²) in [5.74, 6) is -3.30. The number of rotatable bonds is 7. The topological polar surface area (TPSA) is 176 Å². The van der Waals surface area contributed by atoms with Crippen LogP contribution in [0, 0.1) is 0 Å². The molecule has 11 heteroatoms. The Morgan fingerprint density at radius 2 is 1.57 bits per heavy atom. The number of carboxylic acid groups (broad SMARTS) is 1. The van der Waals surface area contributed by atoms with Crippen LogP contribution in [0.5, 0.6) is 0 Å². The van der Waals surface area contributed by atoms with Crippen molar-refractivity contribution in [2.24, 2.45) is 11.5 Å². The van der Waals surface area contributed by atoms with Gasteiger partial charge in [-0.3, -0.25) is 19.2 Å². The van der Waals surface area contributed by atoms with Gasteiger partial charge in [-0.25, -0.2) is 4.79 Å². The van der Waals surface area contributed by atoms with E-state index >= 15 is 0 Å². The van der Waals surface area contributed by atoms with E-state index in [1.165, 1.54) is 16.7 Å². The van der Waals surface area contributed by atoms with E-state index < -0.39 is 53.8 Å². The zero-order valence-electron chi connectivity index (χ0n) is 15.8. The first-order chi connectivity index (χ1) is 13.1. The highest BCUT2D eigenvalue weighted by Crippen LogP contribution is 2.21. The molecule has 0 aliphatic carbocycles. The molecule has 2 saturated heterocycles. The Labute approximate surface area is 162 Å². The number of carbonyl (C=O) groups is 5. The molecule has 0 radical (unpaired) electrons. The summed E-state index contributed by atoms with van der Waals surface area (Å²) in [5, 5.41) is 11.8. The van der Waals surface area contributed by atoms with Crippen molar-refractivity contribution in [3.63, 3.8) is 0 Å². The lowest BCUT2D eigenvalue weighted by molar-refractivity contribution is -0.149. The molecule has 2 aliphatic heterocycles. The number of carboxylic acids is 1.